The number of ether oxygens (including phenoxy) is 1. The maximum atomic E-state index is 14.5. The first-order chi connectivity index (χ1) is 12.3. The van der Waals surface area contributed by atoms with Crippen molar-refractivity contribution < 1.29 is 31.8 Å². The van der Waals surface area contributed by atoms with Gasteiger partial charge in [-0.1, -0.05) is 0 Å². The van der Waals surface area contributed by atoms with Crippen LogP contribution in [0.5, 0.6) is 0 Å². The summed E-state index contributed by atoms with van der Waals surface area (Å²) < 4.78 is 59.6. The third-order valence-electron chi connectivity index (χ3n) is 3.53. The molecule has 0 aliphatic rings. The van der Waals surface area contributed by atoms with Gasteiger partial charge in [0.05, 0.1) is 11.1 Å². The Labute approximate surface area is 153 Å². The number of pyridine rings is 1. The van der Waals surface area contributed by atoms with Crippen molar-refractivity contribution >= 4 is 11.8 Å². The number of aromatic nitrogens is 1. The third kappa shape index (κ3) is 4.87. The van der Waals surface area contributed by atoms with Crippen LogP contribution in [-0.2, 0) is 10.9 Å². The van der Waals surface area contributed by atoms with E-state index in [0.717, 1.165) is 18.3 Å². The highest BCUT2D eigenvalue weighted by atomic mass is 19.4. The first kappa shape index (κ1) is 20.5. The van der Waals surface area contributed by atoms with Gasteiger partial charge in [0.2, 0.25) is 0 Å². The molecule has 0 aliphatic heterocycles. The summed E-state index contributed by atoms with van der Waals surface area (Å²) in [6.07, 6.45) is -4.88. The fraction of sp³-hybridized carbons (Fsp3) is 0.333. The molecular formula is C18H18F4N2O3. The minimum absolute atomic E-state index is 0.00245. The van der Waals surface area contributed by atoms with Crippen LogP contribution in [0.1, 0.15) is 32.0 Å². The SMILES string of the molecule is Cc1c(-c2ccc(NC(=O)OC(C)(C)C)cc2F)c(C(F)(F)F)cc[n+]1[O-]. The fourth-order valence-electron chi connectivity index (χ4n) is 2.44. The zero-order valence-electron chi connectivity index (χ0n) is 15.1. The molecule has 5 nitrogen and oxygen atoms in total. The summed E-state index contributed by atoms with van der Waals surface area (Å²) in [6, 6.07) is 3.76. The smallest absolute Gasteiger partial charge is 0.417 e. The number of alkyl halides is 3. The number of hydrogen-bond acceptors (Lipinski definition) is 3. The number of benzene rings is 1. The summed E-state index contributed by atoms with van der Waals surface area (Å²) >= 11 is 0. The number of rotatable bonds is 2. The predicted molar refractivity (Wildman–Crippen MR) is 90.4 cm³/mol. The Balaban J connectivity index is 2.45. The molecule has 0 saturated carbocycles. The van der Waals surface area contributed by atoms with Crippen molar-refractivity contribution in [1.82, 2.24) is 0 Å². The van der Waals surface area contributed by atoms with Crippen molar-refractivity contribution in [2.45, 2.75) is 39.5 Å². The normalized spacial score (nSPS) is 12.0. The molecule has 1 N–H and O–H groups in total. The number of hydrogen-bond donors (Lipinski definition) is 1. The number of carbonyl (C=O) groups excluding carboxylic acids is 1. The van der Waals surface area contributed by atoms with E-state index in [4.69, 9.17) is 4.74 Å². The van der Waals surface area contributed by atoms with E-state index in [9.17, 15) is 27.6 Å². The number of amides is 1. The Morgan fingerprint density at radius 2 is 1.81 bits per heavy atom. The molecule has 1 aromatic heterocycles. The number of anilines is 1. The summed E-state index contributed by atoms with van der Waals surface area (Å²) in [4.78, 5) is 11.7. The molecule has 27 heavy (non-hydrogen) atoms. The van der Waals surface area contributed by atoms with E-state index in [0.29, 0.717) is 6.07 Å². The number of carbonyl (C=O) groups is 1. The number of halogens is 4. The van der Waals surface area contributed by atoms with Crippen molar-refractivity contribution in [3.05, 3.63) is 52.7 Å². The maximum absolute atomic E-state index is 14.5. The van der Waals surface area contributed by atoms with Gasteiger partial charge >= 0.3 is 12.3 Å². The van der Waals surface area contributed by atoms with Gasteiger partial charge in [-0.2, -0.15) is 17.9 Å². The second kappa shape index (κ2) is 7.05. The van der Waals surface area contributed by atoms with E-state index < -0.39 is 40.4 Å². The van der Waals surface area contributed by atoms with Crippen LogP contribution in [-0.4, -0.2) is 11.7 Å². The molecule has 1 amide bonds. The van der Waals surface area contributed by atoms with Gasteiger partial charge in [-0.25, -0.2) is 9.18 Å². The van der Waals surface area contributed by atoms with Gasteiger partial charge in [-0.05, 0) is 39.0 Å². The van der Waals surface area contributed by atoms with Crippen molar-refractivity contribution in [3.8, 4) is 11.1 Å². The molecule has 0 atom stereocenters. The van der Waals surface area contributed by atoms with E-state index in [2.05, 4.69) is 5.32 Å². The predicted octanol–water partition coefficient (Wildman–Crippen LogP) is 4.80. The molecule has 0 spiro atoms. The molecule has 0 saturated heterocycles. The summed E-state index contributed by atoms with van der Waals surface area (Å²) in [5, 5.41) is 14.0. The molecule has 0 bridgehead atoms. The number of nitrogens with zero attached hydrogens (tertiary/aromatic N) is 1. The first-order valence-electron chi connectivity index (χ1n) is 7.89. The van der Waals surface area contributed by atoms with Crippen molar-refractivity contribution in [2.24, 2.45) is 0 Å². The molecule has 146 valence electrons. The molecule has 1 heterocycles. The zero-order valence-corrected chi connectivity index (χ0v) is 15.1. The van der Waals surface area contributed by atoms with Gasteiger partial charge in [0.1, 0.15) is 11.4 Å². The van der Waals surface area contributed by atoms with Crippen molar-refractivity contribution in [1.29, 1.82) is 0 Å². The van der Waals surface area contributed by atoms with Gasteiger partial charge in [0, 0.05) is 24.2 Å². The van der Waals surface area contributed by atoms with Gasteiger partial charge in [0.15, 0.2) is 11.9 Å². The highest BCUT2D eigenvalue weighted by Crippen LogP contribution is 2.39. The van der Waals surface area contributed by atoms with Crippen molar-refractivity contribution in [3.63, 3.8) is 0 Å². The third-order valence-corrected chi connectivity index (χ3v) is 3.53. The van der Waals surface area contributed by atoms with Gasteiger partial charge in [-0.15, -0.1) is 0 Å². The minimum atomic E-state index is -4.77. The quantitative estimate of drug-likeness (QED) is 0.458. The average Bonchev–Trinajstić information content (AvgIpc) is 2.47. The summed E-state index contributed by atoms with van der Waals surface area (Å²) in [6.45, 7) is 6.10. The molecule has 1 aromatic carbocycles. The lowest BCUT2D eigenvalue weighted by Gasteiger charge is -2.20. The summed E-state index contributed by atoms with van der Waals surface area (Å²) in [5.74, 6) is -1.02. The van der Waals surface area contributed by atoms with Crippen LogP contribution in [0.25, 0.3) is 11.1 Å². The van der Waals surface area contributed by atoms with Crippen LogP contribution in [0.3, 0.4) is 0 Å². The lowest BCUT2D eigenvalue weighted by atomic mass is 9.97. The largest absolute Gasteiger partial charge is 0.618 e. The Morgan fingerprint density at radius 3 is 2.33 bits per heavy atom. The Bertz CT molecular complexity index is 874. The molecule has 0 radical (unpaired) electrons. The maximum Gasteiger partial charge on any atom is 0.417 e. The van der Waals surface area contributed by atoms with Crippen LogP contribution in [0.4, 0.5) is 28.0 Å². The molecule has 2 rings (SSSR count). The molecule has 0 aliphatic carbocycles. The van der Waals surface area contributed by atoms with E-state index in [1.54, 1.807) is 20.8 Å². The van der Waals surface area contributed by atoms with E-state index in [-0.39, 0.29) is 16.1 Å². The Kier molecular flexibility index (Phi) is 5.35. The molecular weight excluding hydrogens is 368 g/mol. The zero-order chi connectivity index (χ0) is 20.6. The molecule has 2 aromatic rings. The highest BCUT2D eigenvalue weighted by Gasteiger charge is 2.37. The van der Waals surface area contributed by atoms with Crippen LogP contribution in [0.15, 0.2) is 30.5 Å². The topological polar surface area (TPSA) is 65.3 Å². The van der Waals surface area contributed by atoms with E-state index >= 15 is 0 Å². The van der Waals surface area contributed by atoms with E-state index in [1.165, 1.54) is 13.0 Å². The van der Waals surface area contributed by atoms with Crippen LogP contribution in [0.2, 0.25) is 0 Å². The second-order valence-corrected chi connectivity index (χ2v) is 6.83. The Morgan fingerprint density at radius 1 is 1.19 bits per heavy atom. The number of nitrogens with one attached hydrogen (secondary N) is 1. The summed E-state index contributed by atoms with van der Waals surface area (Å²) in [7, 11) is 0. The lowest BCUT2D eigenvalue weighted by Crippen LogP contribution is -2.31. The van der Waals surface area contributed by atoms with Gasteiger partial charge < -0.3 is 9.94 Å². The standard InChI is InChI=1S/C18H18F4N2O3/c1-10-15(13(18(20,21)22)7-8-24(10)26)12-6-5-11(9-14(12)19)23-16(25)27-17(2,3)4/h5-9H,1-4H3,(H,23,25). The van der Waals surface area contributed by atoms with E-state index in [1.807, 2.05) is 0 Å². The second-order valence-electron chi connectivity index (χ2n) is 6.83. The molecule has 0 fully saturated rings. The highest BCUT2D eigenvalue weighted by molar-refractivity contribution is 5.85. The lowest BCUT2D eigenvalue weighted by molar-refractivity contribution is -0.611. The monoisotopic (exact) mass is 386 g/mol. The van der Waals surface area contributed by atoms with Crippen LogP contribution < -0.4 is 10.0 Å². The van der Waals surface area contributed by atoms with Gasteiger partial charge in [-0.3, -0.25) is 5.32 Å². The molecule has 9 heteroatoms. The summed E-state index contributed by atoms with van der Waals surface area (Å²) in [5.41, 5.74) is -3.15. The van der Waals surface area contributed by atoms with Gasteiger partial charge in [0.25, 0.3) is 0 Å². The average molecular weight is 386 g/mol. The Hall–Kier alpha value is -2.84. The fourth-order valence-corrected chi connectivity index (χ4v) is 2.44. The minimum Gasteiger partial charge on any atom is -0.618 e. The van der Waals surface area contributed by atoms with Crippen LogP contribution in [0, 0.1) is 17.9 Å². The molecule has 0 unspecified atom stereocenters. The van der Waals surface area contributed by atoms with Crippen LogP contribution >= 0.6 is 0 Å². The van der Waals surface area contributed by atoms with Crippen molar-refractivity contribution in [2.75, 3.05) is 5.32 Å². The first-order valence-corrected chi connectivity index (χ1v) is 7.89.